The highest BCUT2D eigenvalue weighted by atomic mass is 19.1. The fourth-order valence-corrected chi connectivity index (χ4v) is 4.68. The van der Waals surface area contributed by atoms with Crippen LogP contribution in [-0.4, -0.2) is 53.4 Å². The van der Waals surface area contributed by atoms with Gasteiger partial charge in [0.25, 0.3) is 0 Å². The number of benzene rings is 3. The Morgan fingerprint density at radius 2 is 1.68 bits per heavy atom. The number of anilines is 2. The minimum absolute atomic E-state index is 0.0786. The highest BCUT2D eigenvalue weighted by molar-refractivity contribution is 5.99. The summed E-state index contributed by atoms with van der Waals surface area (Å²) in [5.41, 5.74) is 1.89. The molecule has 1 aromatic heterocycles. The first-order chi connectivity index (χ1) is 20.0. The highest BCUT2D eigenvalue weighted by Gasteiger charge is 2.17. The number of carbonyl (C=O) groups is 1. The number of urea groups is 1. The number of nitriles is 1. The molecule has 3 aromatic carbocycles. The van der Waals surface area contributed by atoms with Crippen LogP contribution in [0.5, 0.6) is 17.2 Å². The molecule has 0 bridgehead atoms. The lowest BCUT2D eigenvalue weighted by Gasteiger charge is -2.28. The van der Waals surface area contributed by atoms with Crippen molar-refractivity contribution < 1.29 is 23.8 Å². The molecule has 2 amide bonds. The fourth-order valence-electron chi connectivity index (χ4n) is 4.68. The first-order valence-electron chi connectivity index (χ1n) is 13.4. The van der Waals surface area contributed by atoms with E-state index in [4.69, 9.17) is 9.47 Å². The zero-order chi connectivity index (χ0) is 28.6. The minimum Gasteiger partial charge on any atom is -0.489 e. The Morgan fingerprint density at radius 1 is 1.00 bits per heavy atom. The van der Waals surface area contributed by atoms with Gasteiger partial charge in [-0.2, -0.15) is 5.26 Å². The van der Waals surface area contributed by atoms with Crippen LogP contribution in [0.25, 0.3) is 10.9 Å². The molecule has 1 saturated heterocycles. The van der Waals surface area contributed by atoms with Crippen molar-refractivity contribution in [2.24, 2.45) is 0 Å². The number of aliphatic hydroxyl groups is 1. The Hall–Kier alpha value is -4.72. The number of aliphatic hydroxyl groups excluding tert-OH is 1. The number of halogens is 1. The summed E-state index contributed by atoms with van der Waals surface area (Å²) in [4.78, 5) is 18.9. The number of piperidine rings is 1. The average Bonchev–Trinajstić information content (AvgIpc) is 2.98. The van der Waals surface area contributed by atoms with E-state index in [0.717, 1.165) is 25.9 Å². The lowest BCUT2D eigenvalue weighted by Crippen LogP contribution is -2.38. The number of rotatable bonds is 9. The Kier molecular flexibility index (Phi) is 8.89. The SMILES string of the molecule is N#Cc1cc2c(Oc3ccc(NC(=O)Nc4ccc(F)cc4)cc3)ccnc2cc1OCC(O)CN1CCCCC1. The summed E-state index contributed by atoms with van der Waals surface area (Å²) in [5, 5.41) is 26.2. The molecule has 210 valence electrons. The highest BCUT2D eigenvalue weighted by Crippen LogP contribution is 2.33. The van der Waals surface area contributed by atoms with Gasteiger partial charge in [-0.05, 0) is 86.6 Å². The molecule has 10 heteroatoms. The van der Waals surface area contributed by atoms with E-state index >= 15 is 0 Å². The molecule has 9 nitrogen and oxygen atoms in total. The Balaban J connectivity index is 1.23. The zero-order valence-corrected chi connectivity index (χ0v) is 22.3. The number of fused-ring (bicyclic) bond motifs is 1. The van der Waals surface area contributed by atoms with Crippen LogP contribution in [0, 0.1) is 17.1 Å². The van der Waals surface area contributed by atoms with Crippen molar-refractivity contribution in [2.45, 2.75) is 25.4 Å². The van der Waals surface area contributed by atoms with Crippen LogP contribution in [0.15, 0.2) is 72.9 Å². The first kappa shape index (κ1) is 27.8. The molecule has 41 heavy (non-hydrogen) atoms. The van der Waals surface area contributed by atoms with Gasteiger partial charge < -0.3 is 30.1 Å². The topological polar surface area (TPSA) is 120 Å². The number of amides is 2. The molecule has 0 saturated carbocycles. The monoisotopic (exact) mass is 555 g/mol. The van der Waals surface area contributed by atoms with Crippen molar-refractivity contribution >= 4 is 28.3 Å². The molecule has 1 aliphatic heterocycles. The van der Waals surface area contributed by atoms with Gasteiger partial charge in [-0.3, -0.25) is 4.98 Å². The van der Waals surface area contributed by atoms with E-state index in [1.807, 2.05) is 0 Å². The second-order valence-electron chi connectivity index (χ2n) is 9.82. The predicted molar refractivity (Wildman–Crippen MR) is 154 cm³/mol. The van der Waals surface area contributed by atoms with Crippen molar-refractivity contribution in [3.8, 4) is 23.3 Å². The van der Waals surface area contributed by atoms with Gasteiger partial charge in [0.2, 0.25) is 0 Å². The van der Waals surface area contributed by atoms with Crippen molar-refractivity contribution in [3.63, 3.8) is 0 Å². The quantitative estimate of drug-likeness (QED) is 0.235. The smallest absolute Gasteiger partial charge is 0.323 e. The maximum atomic E-state index is 13.1. The Bertz CT molecular complexity index is 1530. The molecule has 1 fully saturated rings. The molecule has 5 rings (SSSR count). The number of ether oxygens (including phenoxy) is 2. The Morgan fingerprint density at radius 3 is 2.37 bits per heavy atom. The van der Waals surface area contributed by atoms with E-state index < -0.39 is 12.1 Å². The number of likely N-dealkylation sites (tertiary alicyclic amines) is 1. The van der Waals surface area contributed by atoms with Crippen LogP contribution in [0.2, 0.25) is 0 Å². The van der Waals surface area contributed by atoms with Crippen LogP contribution in [-0.2, 0) is 0 Å². The van der Waals surface area contributed by atoms with E-state index in [1.54, 1.807) is 48.7 Å². The number of pyridine rings is 1. The van der Waals surface area contributed by atoms with Gasteiger partial charge in [-0.1, -0.05) is 6.42 Å². The molecular weight excluding hydrogens is 525 g/mol. The number of nitrogens with one attached hydrogen (secondary N) is 2. The van der Waals surface area contributed by atoms with Gasteiger partial charge in [0.05, 0.1) is 11.1 Å². The number of aromatic nitrogens is 1. The summed E-state index contributed by atoms with van der Waals surface area (Å²) in [6.45, 7) is 2.58. The van der Waals surface area contributed by atoms with E-state index in [2.05, 4.69) is 26.6 Å². The molecule has 0 spiro atoms. The molecule has 3 N–H and O–H groups in total. The molecular formula is C31H30FN5O4. The normalized spacial score (nSPS) is 14.2. The summed E-state index contributed by atoms with van der Waals surface area (Å²) < 4.78 is 25.0. The van der Waals surface area contributed by atoms with E-state index in [1.165, 1.54) is 30.7 Å². The summed E-state index contributed by atoms with van der Waals surface area (Å²) in [5.74, 6) is 0.987. The average molecular weight is 556 g/mol. The third-order valence-corrected chi connectivity index (χ3v) is 6.71. The van der Waals surface area contributed by atoms with Gasteiger partial charge in [-0.25, -0.2) is 9.18 Å². The number of hydrogen-bond donors (Lipinski definition) is 3. The number of β-amino-alcohol motifs (C(OH)–C–C–N with tert-alkyl or cyclic N) is 1. The lowest BCUT2D eigenvalue weighted by molar-refractivity contribution is 0.0617. The number of carbonyl (C=O) groups excluding carboxylic acids is 1. The maximum absolute atomic E-state index is 13.1. The van der Waals surface area contributed by atoms with Crippen LogP contribution in [0.1, 0.15) is 24.8 Å². The fraction of sp³-hybridized carbons (Fsp3) is 0.258. The minimum atomic E-state index is -0.663. The standard InChI is InChI=1S/C31H30FN5O4/c32-22-4-6-23(7-5-22)35-31(39)36-24-8-10-26(11-9-24)41-29-12-13-34-28-17-30(21(18-33)16-27(28)29)40-20-25(38)19-37-14-2-1-3-15-37/h4-13,16-17,25,38H,1-3,14-15,19-20H2,(H2,35,36,39). The summed E-state index contributed by atoms with van der Waals surface area (Å²) in [6, 6.07) is 19.0. The number of hydrogen-bond acceptors (Lipinski definition) is 7. The second kappa shape index (κ2) is 13.1. The maximum Gasteiger partial charge on any atom is 0.323 e. The van der Waals surface area contributed by atoms with Gasteiger partial charge >= 0.3 is 6.03 Å². The van der Waals surface area contributed by atoms with Gasteiger partial charge in [0.1, 0.15) is 41.8 Å². The number of nitrogens with zero attached hydrogens (tertiary/aromatic N) is 3. The van der Waals surface area contributed by atoms with Crippen LogP contribution >= 0.6 is 0 Å². The van der Waals surface area contributed by atoms with Crippen molar-refractivity contribution in [2.75, 3.05) is 36.9 Å². The molecule has 1 unspecified atom stereocenters. The largest absolute Gasteiger partial charge is 0.489 e. The zero-order valence-electron chi connectivity index (χ0n) is 22.3. The van der Waals surface area contributed by atoms with E-state index in [0.29, 0.717) is 51.6 Å². The van der Waals surface area contributed by atoms with Crippen molar-refractivity contribution in [3.05, 3.63) is 84.3 Å². The summed E-state index contributed by atoms with van der Waals surface area (Å²) >= 11 is 0. The van der Waals surface area contributed by atoms with Crippen LogP contribution < -0.4 is 20.1 Å². The van der Waals surface area contributed by atoms with Gasteiger partial charge in [-0.15, -0.1) is 0 Å². The van der Waals surface area contributed by atoms with Crippen molar-refractivity contribution in [1.29, 1.82) is 5.26 Å². The first-order valence-corrected chi connectivity index (χ1v) is 13.4. The predicted octanol–water partition coefficient (Wildman–Crippen LogP) is 5.91. The van der Waals surface area contributed by atoms with Gasteiger partial charge in [0.15, 0.2) is 0 Å². The van der Waals surface area contributed by atoms with Crippen LogP contribution in [0.4, 0.5) is 20.6 Å². The Labute approximate surface area is 237 Å². The molecule has 0 aliphatic carbocycles. The van der Waals surface area contributed by atoms with Crippen LogP contribution in [0.3, 0.4) is 0 Å². The molecule has 2 heterocycles. The third kappa shape index (κ3) is 7.48. The molecule has 1 aliphatic rings. The van der Waals surface area contributed by atoms with Crippen molar-refractivity contribution in [1.82, 2.24) is 9.88 Å². The third-order valence-electron chi connectivity index (χ3n) is 6.71. The second-order valence-corrected chi connectivity index (χ2v) is 9.82. The molecule has 1 atom stereocenters. The van der Waals surface area contributed by atoms with E-state index in [-0.39, 0.29) is 12.4 Å². The van der Waals surface area contributed by atoms with E-state index in [9.17, 15) is 19.6 Å². The molecule has 4 aromatic rings. The van der Waals surface area contributed by atoms with Gasteiger partial charge in [0, 0.05) is 35.6 Å². The lowest BCUT2D eigenvalue weighted by atomic mass is 10.1. The molecule has 0 radical (unpaired) electrons. The summed E-state index contributed by atoms with van der Waals surface area (Å²) in [7, 11) is 0. The summed E-state index contributed by atoms with van der Waals surface area (Å²) in [6.07, 6.45) is 4.46.